The first-order valence-electron chi connectivity index (χ1n) is 10.7. The number of amides is 1. The topological polar surface area (TPSA) is 73.8 Å². The average molecular weight is 493 g/mol. The molecule has 3 aromatic rings. The zero-order valence-corrected chi connectivity index (χ0v) is 20.8. The number of nitrogens with zero attached hydrogens (tertiary/aromatic N) is 4. The predicted octanol–water partition coefficient (Wildman–Crippen LogP) is 3.74. The van der Waals surface area contributed by atoms with Crippen LogP contribution in [0, 0.1) is 5.92 Å². The molecule has 0 saturated carbocycles. The standard InChI is InChI=1S/C22H28N4O3S3/c1-24(2)12-6-13-26(22-23-18-7-3-4-8-19(18)31-22)21(27)17-10-14-25(15-11-17)32(28,29)20-9-5-16-30-20/h3-5,7-9,16-17H,6,10-15H2,1-2H3. The van der Waals surface area contributed by atoms with E-state index in [0.717, 1.165) is 28.3 Å². The maximum absolute atomic E-state index is 13.5. The van der Waals surface area contributed by atoms with E-state index in [4.69, 9.17) is 4.98 Å². The van der Waals surface area contributed by atoms with E-state index in [1.54, 1.807) is 17.5 Å². The summed E-state index contributed by atoms with van der Waals surface area (Å²) in [7, 11) is 0.573. The van der Waals surface area contributed by atoms with E-state index in [2.05, 4.69) is 4.90 Å². The molecule has 0 N–H and O–H groups in total. The Kier molecular flexibility index (Phi) is 7.26. The first kappa shape index (κ1) is 23.3. The van der Waals surface area contributed by atoms with Gasteiger partial charge in [0.15, 0.2) is 5.13 Å². The third kappa shape index (κ3) is 5.04. The summed E-state index contributed by atoms with van der Waals surface area (Å²) in [5, 5.41) is 2.50. The molecule has 4 rings (SSSR count). The first-order chi connectivity index (χ1) is 15.4. The van der Waals surface area contributed by atoms with Crippen LogP contribution >= 0.6 is 22.7 Å². The van der Waals surface area contributed by atoms with E-state index >= 15 is 0 Å². The number of anilines is 1. The largest absolute Gasteiger partial charge is 0.309 e. The van der Waals surface area contributed by atoms with Crippen molar-refractivity contribution in [3.8, 4) is 0 Å². The van der Waals surface area contributed by atoms with E-state index in [1.165, 1.54) is 27.0 Å². The van der Waals surface area contributed by atoms with Crippen LogP contribution in [0.5, 0.6) is 0 Å². The van der Waals surface area contributed by atoms with Crippen molar-refractivity contribution < 1.29 is 13.2 Å². The molecule has 0 atom stereocenters. The number of thiazole rings is 1. The Balaban J connectivity index is 1.48. The monoisotopic (exact) mass is 492 g/mol. The third-order valence-electron chi connectivity index (χ3n) is 5.66. The Bertz CT molecular complexity index is 1120. The molecule has 0 unspecified atom stereocenters. The Morgan fingerprint density at radius 1 is 1.12 bits per heavy atom. The Labute approximate surface area is 197 Å². The summed E-state index contributed by atoms with van der Waals surface area (Å²) >= 11 is 2.77. The minimum absolute atomic E-state index is 0.0518. The maximum Gasteiger partial charge on any atom is 0.252 e. The molecular formula is C22H28N4O3S3. The van der Waals surface area contributed by atoms with Gasteiger partial charge < -0.3 is 4.90 Å². The predicted molar refractivity (Wildman–Crippen MR) is 131 cm³/mol. The molecule has 172 valence electrons. The van der Waals surface area contributed by atoms with Crippen LogP contribution in [0.1, 0.15) is 19.3 Å². The van der Waals surface area contributed by atoms with Gasteiger partial charge >= 0.3 is 0 Å². The lowest BCUT2D eigenvalue weighted by atomic mass is 9.96. The minimum atomic E-state index is -3.47. The molecule has 0 spiro atoms. The fraction of sp³-hybridized carbons (Fsp3) is 0.455. The summed E-state index contributed by atoms with van der Waals surface area (Å²) in [5.41, 5.74) is 0.898. The van der Waals surface area contributed by atoms with Gasteiger partial charge in [-0.3, -0.25) is 9.69 Å². The number of sulfonamides is 1. The van der Waals surface area contributed by atoms with Crippen LogP contribution in [0.3, 0.4) is 0 Å². The van der Waals surface area contributed by atoms with Crippen molar-refractivity contribution in [2.75, 3.05) is 45.2 Å². The fourth-order valence-corrected chi connectivity index (χ4v) is 7.53. The molecular weight excluding hydrogens is 464 g/mol. The van der Waals surface area contributed by atoms with Crippen molar-refractivity contribution in [3.05, 3.63) is 41.8 Å². The lowest BCUT2D eigenvalue weighted by Crippen LogP contribution is -2.45. The van der Waals surface area contributed by atoms with Gasteiger partial charge in [0.2, 0.25) is 5.91 Å². The van der Waals surface area contributed by atoms with Crippen molar-refractivity contribution in [2.45, 2.75) is 23.5 Å². The molecule has 1 aromatic carbocycles. The number of carbonyl (C=O) groups excluding carboxylic acids is 1. The number of hydrogen-bond acceptors (Lipinski definition) is 7. The molecule has 0 radical (unpaired) electrons. The van der Waals surface area contributed by atoms with Crippen molar-refractivity contribution in [3.63, 3.8) is 0 Å². The highest BCUT2D eigenvalue weighted by Crippen LogP contribution is 2.32. The summed E-state index contributed by atoms with van der Waals surface area (Å²) in [6.07, 6.45) is 1.90. The summed E-state index contributed by atoms with van der Waals surface area (Å²) < 4.78 is 28.6. The van der Waals surface area contributed by atoms with Crippen molar-refractivity contribution in [2.24, 2.45) is 5.92 Å². The average Bonchev–Trinajstić information content (AvgIpc) is 3.46. The number of benzene rings is 1. The SMILES string of the molecule is CN(C)CCCN(C(=O)C1CCN(S(=O)(=O)c2cccs2)CC1)c1nc2ccccc2s1. The van der Waals surface area contributed by atoms with E-state index in [-0.39, 0.29) is 11.8 Å². The lowest BCUT2D eigenvalue weighted by molar-refractivity contribution is -0.123. The van der Waals surface area contributed by atoms with Gasteiger partial charge in [-0.05, 0) is 63.5 Å². The highest BCUT2D eigenvalue weighted by Gasteiger charge is 2.35. The summed E-state index contributed by atoms with van der Waals surface area (Å²) in [6.45, 7) is 2.21. The van der Waals surface area contributed by atoms with Crippen LogP contribution in [0.25, 0.3) is 10.2 Å². The van der Waals surface area contributed by atoms with Crippen molar-refractivity contribution in [1.82, 2.24) is 14.2 Å². The zero-order valence-electron chi connectivity index (χ0n) is 18.3. The van der Waals surface area contributed by atoms with Crippen LogP contribution < -0.4 is 4.90 Å². The lowest BCUT2D eigenvalue weighted by Gasteiger charge is -2.32. The Morgan fingerprint density at radius 2 is 1.88 bits per heavy atom. The van der Waals surface area contributed by atoms with Gasteiger partial charge in [-0.2, -0.15) is 4.31 Å². The van der Waals surface area contributed by atoms with Crippen molar-refractivity contribution >= 4 is 54.0 Å². The van der Waals surface area contributed by atoms with Crippen LogP contribution in [0.15, 0.2) is 46.0 Å². The Hall–Kier alpha value is -1.85. The third-order valence-corrected chi connectivity index (χ3v) is 9.99. The quantitative estimate of drug-likeness (QED) is 0.479. The maximum atomic E-state index is 13.5. The second kappa shape index (κ2) is 9.96. The molecule has 1 aliphatic rings. The van der Waals surface area contributed by atoms with Gasteiger partial charge in [0.1, 0.15) is 4.21 Å². The van der Waals surface area contributed by atoms with E-state index in [0.29, 0.717) is 36.7 Å². The molecule has 1 saturated heterocycles. The van der Waals surface area contributed by atoms with Crippen LogP contribution in [-0.4, -0.2) is 68.8 Å². The molecule has 32 heavy (non-hydrogen) atoms. The summed E-state index contributed by atoms with van der Waals surface area (Å²) in [6, 6.07) is 11.3. The number of para-hydroxylation sites is 1. The van der Waals surface area contributed by atoms with Gasteiger partial charge in [-0.15, -0.1) is 11.3 Å². The zero-order chi connectivity index (χ0) is 22.7. The van der Waals surface area contributed by atoms with Gasteiger partial charge in [0.05, 0.1) is 10.2 Å². The molecule has 1 amide bonds. The highest BCUT2D eigenvalue weighted by molar-refractivity contribution is 7.91. The van der Waals surface area contributed by atoms with Crippen molar-refractivity contribution in [1.29, 1.82) is 0 Å². The smallest absolute Gasteiger partial charge is 0.252 e. The molecule has 10 heteroatoms. The summed E-state index contributed by atoms with van der Waals surface area (Å²) in [4.78, 5) is 22.2. The van der Waals surface area contributed by atoms with Crippen LogP contribution in [0.4, 0.5) is 5.13 Å². The number of thiophene rings is 1. The molecule has 1 fully saturated rings. The second-order valence-corrected chi connectivity index (χ2v) is 12.3. The number of rotatable bonds is 8. The molecule has 0 bridgehead atoms. The van der Waals surface area contributed by atoms with Crippen LogP contribution in [-0.2, 0) is 14.8 Å². The molecule has 2 aromatic heterocycles. The first-order valence-corrected chi connectivity index (χ1v) is 13.9. The van der Waals surface area contributed by atoms with Crippen LogP contribution in [0.2, 0.25) is 0 Å². The number of fused-ring (bicyclic) bond motifs is 1. The summed E-state index contributed by atoms with van der Waals surface area (Å²) in [5.74, 6) is -0.146. The number of carbonyl (C=O) groups is 1. The van der Waals surface area contributed by atoms with Gasteiger partial charge in [-0.1, -0.05) is 29.5 Å². The van der Waals surface area contributed by atoms with E-state index in [9.17, 15) is 13.2 Å². The number of piperidine rings is 1. The molecule has 7 nitrogen and oxygen atoms in total. The second-order valence-electron chi connectivity index (χ2n) is 8.22. The fourth-order valence-electron chi connectivity index (χ4n) is 3.92. The Morgan fingerprint density at radius 3 is 2.53 bits per heavy atom. The molecule has 1 aliphatic heterocycles. The molecule has 3 heterocycles. The van der Waals surface area contributed by atoms with Gasteiger partial charge in [0.25, 0.3) is 10.0 Å². The van der Waals surface area contributed by atoms with E-state index < -0.39 is 10.0 Å². The van der Waals surface area contributed by atoms with Gasteiger partial charge in [-0.25, -0.2) is 13.4 Å². The minimum Gasteiger partial charge on any atom is -0.309 e. The normalized spacial score (nSPS) is 16.1. The highest BCUT2D eigenvalue weighted by atomic mass is 32.2. The number of aromatic nitrogens is 1. The molecule has 0 aliphatic carbocycles. The van der Waals surface area contributed by atoms with E-state index in [1.807, 2.05) is 43.3 Å². The number of hydrogen-bond donors (Lipinski definition) is 0. The van der Waals surface area contributed by atoms with Gasteiger partial charge in [0, 0.05) is 25.6 Å².